The molecule has 0 fully saturated rings. The summed E-state index contributed by atoms with van der Waals surface area (Å²) in [5.41, 5.74) is -2.82. The van der Waals surface area contributed by atoms with Crippen LogP contribution < -0.4 is 0 Å². The maximum atomic E-state index is 12.1. The Hall–Kier alpha value is -3.69. The number of hydrogen-bond acceptors (Lipinski definition) is 8. The van der Waals surface area contributed by atoms with Crippen LogP contribution in [0.5, 0.6) is 0 Å². The highest BCUT2D eigenvalue weighted by molar-refractivity contribution is 6.09. The van der Waals surface area contributed by atoms with Crippen LogP contribution in [0.3, 0.4) is 0 Å². The zero-order chi connectivity index (χ0) is 20.0. The van der Waals surface area contributed by atoms with Gasteiger partial charge in [0.25, 0.3) is 0 Å². The van der Waals surface area contributed by atoms with Crippen molar-refractivity contribution in [3.8, 4) is 0 Å². The van der Waals surface area contributed by atoms with Gasteiger partial charge in [0.2, 0.25) is 0 Å². The van der Waals surface area contributed by atoms with E-state index in [0.717, 1.165) is 0 Å². The van der Waals surface area contributed by atoms with Crippen LogP contribution in [0, 0.1) is 0 Å². The normalized spacial score (nSPS) is 9.77. The summed E-state index contributed by atoms with van der Waals surface area (Å²) in [4.78, 5) is 66.2. The third-order valence-corrected chi connectivity index (χ3v) is 2.88. The van der Waals surface area contributed by atoms with Crippen LogP contribution in [0.25, 0.3) is 0 Å². The zero-order valence-electron chi connectivity index (χ0n) is 13.7. The molecule has 0 aliphatic heterocycles. The molecule has 26 heavy (non-hydrogen) atoms. The van der Waals surface area contributed by atoms with E-state index in [1.807, 2.05) is 0 Å². The molecule has 0 amide bonds. The summed E-state index contributed by atoms with van der Waals surface area (Å²) in [6, 6.07) is 1.29. The third kappa shape index (κ3) is 4.66. The number of carboxylic acid groups (broad SMARTS) is 2. The zero-order valence-corrected chi connectivity index (χ0v) is 13.7. The minimum atomic E-state index is -1.66. The van der Waals surface area contributed by atoms with Gasteiger partial charge in [0.05, 0.1) is 28.9 Å². The van der Waals surface area contributed by atoms with Crippen molar-refractivity contribution >= 4 is 29.8 Å². The van der Waals surface area contributed by atoms with Crippen LogP contribution in [-0.4, -0.2) is 46.7 Å². The SMILES string of the molecule is C=C(C)C(=O)OOC(=O)c1cc(C(=O)O)c(C(=O)O)cc1C(=O)OCC. The Bertz CT molecular complexity index is 805. The van der Waals surface area contributed by atoms with Crippen molar-refractivity contribution < 1.29 is 48.7 Å². The molecule has 0 unspecified atom stereocenters. The molecule has 0 radical (unpaired) electrons. The van der Waals surface area contributed by atoms with Gasteiger partial charge in [-0.25, -0.2) is 33.7 Å². The maximum absolute atomic E-state index is 12.1. The predicted molar refractivity (Wildman–Crippen MR) is 82.6 cm³/mol. The van der Waals surface area contributed by atoms with Gasteiger partial charge >= 0.3 is 29.8 Å². The predicted octanol–water partition coefficient (Wildman–Crippen LogP) is 1.45. The second kappa shape index (κ2) is 8.42. The van der Waals surface area contributed by atoms with Gasteiger partial charge in [-0.3, -0.25) is 0 Å². The first-order chi connectivity index (χ1) is 12.1. The Morgan fingerprint density at radius 3 is 1.73 bits per heavy atom. The number of rotatable bonds is 6. The first kappa shape index (κ1) is 20.4. The van der Waals surface area contributed by atoms with E-state index in [1.54, 1.807) is 0 Å². The van der Waals surface area contributed by atoms with Gasteiger partial charge in [0.15, 0.2) is 0 Å². The number of aromatic carboxylic acids is 2. The Balaban J connectivity index is 3.44. The van der Waals surface area contributed by atoms with E-state index in [9.17, 15) is 24.0 Å². The molecule has 0 aliphatic carbocycles. The Morgan fingerprint density at radius 1 is 0.885 bits per heavy atom. The molecule has 1 aromatic carbocycles. The molecule has 0 atom stereocenters. The molecule has 138 valence electrons. The summed E-state index contributed by atoms with van der Waals surface area (Å²) < 4.78 is 4.71. The van der Waals surface area contributed by atoms with Gasteiger partial charge in [-0.15, -0.1) is 0 Å². The van der Waals surface area contributed by atoms with E-state index in [2.05, 4.69) is 16.4 Å². The molecule has 0 aliphatic rings. The van der Waals surface area contributed by atoms with E-state index in [1.165, 1.54) is 13.8 Å². The lowest BCUT2D eigenvalue weighted by Gasteiger charge is -2.11. The molecule has 0 saturated heterocycles. The monoisotopic (exact) mass is 366 g/mol. The summed E-state index contributed by atoms with van der Waals surface area (Å²) in [6.45, 7) is 5.91. The average Bonchev–Trinajstić information content (AvgIpc) is 2.57. The lowest BCUT2D eigenvalue weighted by molar-refractivity contribution is -0.229. The van der Waals surface area contributed by atoms with Gasteiger partial charge in [0, 0.05) is 5.57 Å². The molecular weight excluding hydrogens is 352 g/mol. The van der Waals surface area contributed by atoms with E-state index in [0.29, 0.717) is 12.1 Å². The minimum Gasteiger partial charge on any atom is -0.478 e. The highest BCUT2D eigenvalue weighted by Crippen LogP contribution is 2.20. The average molecular weight is 366 g/mol. The Morgan fingerprint density at radius 2 is 1.35 bits per heavy atom. The van der Waals surface area contributed by atoms with Crippen LogP contribution in [-0.2, 0) is 19.3 Å². The van der Waals surface area contributed by atoms with E-state index < -0.39 is 52.1 Å². The van der Waals surface area contributed by atoms with E-state index >= 15 is 0 Å². The standard InChI is InChI=1S/C16H14O10/c1-4-24-15(22)10-5-8(12(17)18)9(13(19)20)6-11(10)16(23)26-25-14(21)7(2)3/h5-6H,2,4H2,1,3H3,(H,17,18)(H,19,20). The Labute approximate surface area is 146 Å². The van der Waals surface area contributed by atoms with Crippen molar-refractivity contribution in [3.05, 3.63) is 46.5 Å². The topological polar surface area (TPSA) is 154 Å². The van der Waals surface area contributed by atoms with Crippen LogP contribution in [0.2, 0.25) is 0 Å². The molecule has 1 rings (SSSR count). The van der Waals surface area contributed by atoms with Crippen LogP contribution in [0.4, 0.5) is 0 Å². The number of esters is 1. The highest BCUT2D eigenvalue weighted by atomic mass is 17.2. The molecule has 0 spiro atoms. The summed E-state index contributed by atoms with van der Waals surface area (Å²) in [6.07, 6.45) is 0. The second-order valence-corrected chi connectivity index (χ2v) is 4.80. The van der Waals surface area contributed by atoms with Crippen LogP contribution >= 0.6 is 0 Å². The van der Waals surface area contributed by atoms with Gasteiger partial charge in [-0.05, 0) is 26.0 Å². The van der Waals surface area contributed by atoms with Crippen molar-refractivity contribution in [1.82, 2.24) is 0 Å². The van der Waals surface area contributed by atoms with Gasteiger partial charge in [0.1, 0.15) is 0 Å². The van der Waals surface area contributed by atoms with Crippen molar-refractivity contribution in [2.75, 3.05) is 6.61 Å². The molecule has 1 aromatic rings. The number of benzene rings is 1. The summed E-state index contributed by atoms with van der Waals surface area (Å²) >= 11 is 0. The number of carboxylic acids is 2. The number of hydrogen-bond donors (Lipinski definition) is 2. The van der Waals surface area contributed by atoms with E-state index in [4.69, 9.17) is 14.9 Å². The molecule has 2 N–H and O–H groups in total. The fourth-order valence-electron chi connectivity index (χ4n) is 1.69. The first-order valence-electron chi connectivity index (χ1n) is 7.00. The molecule has 0 aromatic heterocycles. The summed E-state index contributed by atoms with van der Waals surface area (Å²) in [5, 5.41) is 18.2. The largest absolute Gasteiger partial charge is 0.478 e. The van der Waals surface area contributed by atoms with Gasteiger partial charge in [-0.2, -0.15) is 0 Å². The molecule has 0 saturated carbocycles. The summed E-state index contributed by atoms with van der Waals surface area (Å²) in [5.74, 6) is -6.86. The molecule has 0 heterocycles. The third-order valence-electron chi connectivity index (χ3n) is 2.88. The lowest BCUT2D eigenvalue weighted by atomic mass is 9.98. The maximum Gasteiger partial charge on any atom is 0.387 e. The summed E-state index contributed by atoms with van der Waals surface area (Å²) in [7, 11) is 0. The molecular formula is C16H14O10. The second-order valence-electron chi connectivity index (χ2n) is 4.80. The lowest BCUT2D eigenvalue weighted by Crippen LogP contribution is -2.19. The first-order valence-corrected chi connectivity index (χ1v) is 7.00. The van der Waals surface area contributed by atoms with Crippen molar-refractivity contribution in [2.45, 2.75) is 13.8 Å². The highest BCUT2D eigenvalue weighted by Gasteiger charge is 2.28. The van der Waals surface area contributed by atoms with Crippen molar-refractivity contribution in [2.24, 2.45) is 0 Å². The number of carbonyl (C=O) groups is 5. The minimum absolute atomic E-state index is 0.0872. The van der Waals surface area contributed by atoms with Gasteiger partial charge < -0.3 is 14.9 Å². The molecule has 10 heteroatoms. The van der Waals surface area contributed by atoms with Crippen LogP contribution in [0.15, 0.2) is 24.3 Å². The van der Waals surface area contributed by atoms with Gasteiger partial charge in [-0.1, -0.05) is 6.58 Å². The van der Waals surface area contributed by atoms with Crippen molar-refractivity contribution in [3.63, 3.8) is 0 Å². The smallest absolute Gasteiger partial charge is 0.387 e. The molecule has 10 nitrogen and oxygen atoms in total. The fraction of sp³-hybridized carbons (Fsp3) is 0.188. The molecule has 0 bridgehead atoms. The Kier molecular flexibility index (Phi) is 6.59. The van der Waals surface area contributed by atoms with E-state index in [-0.39, 0.29) is 12.2 Å². The number of carbonyl (C=O) groups excluding carboxylic acids is 3. The fourth-order valence-corrected chi connectivity index (χ4v) is 1.69. The van der Waals surface area contributed by atoms with Crippen LogP contribution in [0.1, 0.15) is 55.3 Å². The van der Waals surface area contributed by atoms with Crippen molar-refractivity contribution in [1.29, 1.82) is 0 Å². The quantitative estimate of drug-likeness (QED) is 0.327. The number of ether oxygens (including phenoxy) is 1.